The van der Waals surface area contributed by atoms with Crippen molar-refractivity contribution < 1.29 is 23.9 Å². The van der Waals surface area contributed by atoms with Crippen molar-refractivity contribution in [2.45, 2.75) is 44.9 Å². The Labute approximate surface area is 244 Å². The molecule has 2 aliphatic heterocycles. The predicted molar refractivity (Wildman–Crippen MR) is 160 cm³/mol. The summed E-state index contributed by atoms with van der Waals surface area (Å²) < 4.78 is 11.1. The second kappa shape index (κ2) is 11.3. The van der Waals surface area contributed by atoms with Crippen molar-refractivity contribution in [2.24, 2.45) is 0 Å². The molecule has 1 saturated heterocycles. The normalized spacial score (nSPS) is 18.0. The molecule has 0 unspecified atom stereocenters. The molecule has 1 fully saturated rings. The van der Waals surface area contributed by atoms with E-state index in [1.54, 1.807) is 36.3 Å². The lowest BCUT2D eigenvalue weighted by molar-refractivity contribution is -0.120. The van der Waals surface area contributed by atoms with E-state index in [2.05, 4.69) is 10.3 Å². The summed E-state index contributed by atoms with van der Waals surface area (Å²) in [4.78, 5) is 48.0. The van der Waals surface area contributed by atoms with E-state index in [0.717, 1.165) is 27.7 Å². The lowest BCUT2D eigenvalue weighted by Crippen LogP contribution is -2.44. The number of carbonyl (C=O) groups excluding carboxylic acids is 3. The standard InChI is InChI=1S/C33H34N4O5/c1-20(2)42-17-9-16-34-31(38)24-13-5-7-15-27(24)37-32(39)28-19-25-23-12-4-6-14-26(23)35-29(25)30(36(28)33(37)40)21-10-8-11-22(18-21)41-3/h4-8,10-15,18,20,28,30,35H,9,16-17,19H2,1-3H3,(H,34,38)/t28-,30+/m0/s1. The third-order valence-electron chi connectivity index (χ3n) is 7.91. The summed E-state index contributed by atoms with van der Waals surface area (Å²) >= 11 is 0. The van der Waals surface area contributed by atoms with Crippen molar-refractivity contribution in [1.82, 2.24) is 15.2 Å². The first-order valence-corrected chi connectivity index (χ1v) is 14.3. The fourth-order valence-corrected chi connectivity index (χ4v) is 6.00. The number of carbonyl (C=O) groups is 3. The molecule has 3 heterocycles. The lowest BCUT2D eigenvalue weighted by atomic mass is 9.89. The molecule has 2 aliphatic rings. The van der Waals surface area contributed by atoms with Gasteiger partial charge in [0.05, 0.1) is 24.5 Å². The van der Waals surface area contributed by atoms with Crippen LogP contribution in [0.1, 0.15) is 53.5 Å². The molecule has 4 amide bonds. The predicted octanol–water partition coefficient (Wildman–Crippen LogP) is 5.20. The van der Waals surface area contributed by atoms with Gasteiger partial charge in [-0.15, -0.1) is 0 Å². The highest BCUT2D eigenvalue weighted by molar-refractivity contribution is 6.24. The number of ether oxygens (including phenoxy) is 2. The number of fused-ring (bicyclic) bond motifs is 4. The summed E-state index contributed by atoms with van der Waals surface area (Å²) in [6.07, 6.45) is 1.13. The number of amides is 4. The van der Waals surface area contributed by atoms with E-state index in [-0.39, 0.29) is 29.2 Å². The zero-order chi connectivity index (χ0) is 29.4. The van der Waals surface area contributed by atoms with Gasteiger partial charge in [-0.3, -0.25) is 14.5 Å². The fraction of sp³-hybridized carbons (Fsp3) is 0.303. The van der Waals surface area contributed by atoms with Gasteiger partial charge in [-0.1, -0.05) is 42.5 Å². The van der Waals surface area contributed by atoms with Gasteiger partial charge < -0.3 is 19.8 Å². The third kappa shape index (κ3) is 4.79. The molecule has 9 nitrogen and oxygen atoms in total. The first-order valence-electron chi connectivity index (χ1n) is 14.3. The van der Waals surface area contributed by atoms with Crippen LogP contribution < -0.4 is 15.0 Å². The van der Waals surface area contributed by atoms with E-state index in [0.29, 0.717) is 31.7 Å². The highest BCUT2D eigenvalue weighted by atomic mass is 16.5. The molecular weight excluding hydrogens is 532 g/mol. The van der Waals surface area contributed by atoms with Gasteiger partial charge in [0.1, 0.15) is 17.8 Å². The highest BCUT2D eigenvalue weighted by Gasteiger charge is 2.53. The lowest BCUT2D eigenvalue weighted by Gasteiger charge is -2.36. The number of anilines is 1. The number of nitrogens with zero attached hydrogens (tertiary/aromatic N) is 2. The van der Waals surface area contributed by atoms with Gasteiger partial charge >= 0.3 is 6.03 Å². The summed E-state index contributed by atoms with van der Waals surface area (Å²) in [7, 11) is 1.60. The summed E-state index contributed by atoms with van der Waals surface area (Å²) in [5.41, 5.74) is 4.20. The van der Waals surface area contributed by atoms with E-state index in [1.807, 2.05) is 62.4 Å². The van der Waals surface area contributed by atoms with Gasteiger partial charge in [-0.05, 0) is 61.7 Å². The van der Waals surface area contributed by atoms with Gasteiger partial charge in [0.15, 0.2) is 0 Å². The number of methoxy groups -OCH3 is 1. The van der Waals surface area contributed by atoms with Crippen molar-refractivity contribution in [3.05, 3.63) is 95.2 Å². The Morgan fingerprint density at radius 3 is 2.64 bits per heavy atom. The maximum Gasteiger partial charge on any atom is 0.332 e. The number of aromatic nitrogens is 1. The van der Waals surface area contributed by atoms with Crippen LogP contribution in [0, 0.1) is 0 Å². The SMILES string of the molecule is COc1cccc([C@@H]2c3[nH]c4ccccc4c3C[C@H]3C(=O)N(c4ccccc4C(=O)NCCCOC(C)C)C(=O)N23)c1. The van der Waals surface area contributed by atoms with E-state index in [4.69, 9.17) is 9.47 Å². The minimum absolute atomic E-state index is 0.118. The quantitative estimate of drug-likeness (QED) is 0.214. The smallest absolute Gasteiger partial charge is 0.332 e. The topological polar surface area (TPSA) is 104 Å². The Bertz CT molecular complexity index is 1660. The molecule has 9 heteroatoms. The molecule has 6 rings (SSSR count). The van der Waals surface area contributed by atoms with Crippen molar-refractivity contribution in [2.75, 3.05) is 25.2 Å². The number of hydrogen-bond acceptors (Lipinski definition) is 5. The molecule has 0 spiro atoms. The Morgan fingerprint density at radius 2 is 1.83 bits per heavy atom. The Balaban J connectivity index is 1.37. The third-order valence-corrected chi connectivity index (χ3v) is 7.91. The molecule has 2 N–H and O–H groups in total. The van der Waals surface area contributed by atoms with Crippen LogP contribution >= 0.6 is 0 Å². The second-order valence-corrected chi connectivity index (χ2v) is 10.9. The van der Waals surface area contributed by atoms with Crippen LogP contribution in [0.15, 0.2) is 72.8 Å². The Morgan fingerprint density at radius 1 is 1.05 bits per heavy atom. The van der Waals surface area contributed by atoms with Crippen LogP contribution in [-0.2, 0) is 16.0 Å². The number of hydrogen-bond donors (Lipinski definition) is 2. The molecule has 0 aliphatic carbocycles. The first kappa shape index (κ1) is 27.5. The first-order chi connectivity index (χ1) is 20.4. The molecular formula is C33H34N4O5. The molecule has 216 valence electrons. The average molecular weight is 567 g/mol. The van der Waals surface area contributed by atoms with Crippen molar-refractivity contribution >= 4 is 34.4 Å². The summed E-state index contributed by atoms with van der Waals surface area (Å²) in [6.45, 7) is 4.87. The largest absolute Gasteiger partial charge is 0.497 e. The van der Waals surface area contributed by atoms with Crippen LogP contribution in [0.25, 0.3) is 10.9 Å². The van der Waals surface area contributed by atoms with E-state index >= 15 is 0 Å². The zero-order valence-electron chi connectivity index (χ0n) is 23.9. The van der Waals surface area contributed by atoms with Crippen molar-refractivity contribution in [3.8, 4) is 5.75 Å². The van der Waals surface area contributed by atoms with Gasteiger partial charge in [-0.25, -0.2) is 9.69 Å². The number of nitrogens with one attached hydrogen (secondary N) is 2. The minimum Gasteiger partial charge on any atom is -0.497 e. The van der Waals surface area contributed by atoms with Gasteiger partial charge in [0.25, 0.3) is 11.8 Å². The van der Waals surface area contributed by atoms with Crippen LogP contribution in [0.5, 0.6) is 5.75 Å². The zero-order valence-corrected chi connectivity index (χ0v) is 23.9. The van der Waals surface area contributed by atoms with Crippen LogP contribution in [0.4, 0.5) is 10.5 Å². The molecule has 0 saturated carbocycles. The number of urea groups is 1. The van der Waals surface area contributed by atoms with E-state index < -0.39 is 18.1 Å². The molecule has 3 aromatic carbocycles. The number of aromatic amines is 1. The fourth-order valence-electron chi connectivity index (χ4n) is 6.00. The van der Waals surface area contributed by atoms with Crippen LogP contribution in [-0.4, -0.2) is 60.1 Å². The average Bonchev–Trinajstić information content (AvgIpc) is 3.49. The molecule has 1 aromatic heterocycles. The molecule has 0 radical (unpaired) electrons. The number of para-hydroxylation sites is 2. The van der Waals surface area contributed by atoms with Gasteiger partial charge in [0, 0.05) is 36.2 Å². The summed E-state index contributed by atoms with van der Waals surface area (Å²) in [5, 5.41) is 3.93. The highest BCUT2D eigenvalue weighted by Crippen LogP contribution is 2.45. The number of rotatable bonds is 9. The van der Waals surface area contributed by atoms with E-state index in [9.17, 15) is 14.4 Å². The Hall–Kier alpha value is -4.63. The van der Waals surface area contributed by atoms with Gasteiger partial charge in [0.2, 0.25) is 0 Å². The van der Waals surface area contributed by atoms with E-state index in [1.165, 1.54) is 4.90 Å². The maximum atomic E-state index is 14.3. The summed E-state index contributed by atoms with van der Waals surface area (Å²) in [5.74, 6) is -0.0430. The van der Waals surface area contributed by atoms with Crippen LogP contribution in [0.2, 0.25) is 0 Å². The number of benzene rings is 3. The minimum atomic E-state index is -0.732. The van der Waals surface area contributed by atoms with Crippen molar-refractivity contribution in [3.63, 3.8) is 0 Å². The summed E-state index contributed by atoms with van der Waals surface area (Å²) in [6, 6.07) is 20.5. The molecule has 4 aromatic rings. The number of H-pyrrole nitrogens is 1. The number of imide groups is 1. The van der Waals surface area contributed by atoms with Crippen molar-refractivity contribution in [1.29, 1.82) is 0 Å². The molecule has 0 bridgehead atoms. The molecule has 42 heavy (non-hydrogen) atoms. The Kier molecular flexibility index (Phi) is 7.43. The maximum absolute atomic E-state index is 14.3. The molecule has 2 atom stereocenters. The van der Waals surface area contributed by atoms with Crippen LogP contribution in [0.3, 0.4) is 0 Å². The second-order valence-electron chi connectivity index (χ2n) is 10.9. The van der Waals surface area contributed by atoms with Gasteiger partial charge in [-0.2, -0.15) is 0 Å². The monoisotopic (exact) mass is 566 g/mol.